The summed E-state index contributed by atoms with van der Waals surface area (Å²) in [5.41, 5.74) is 1.40. The molecule has 0 saturated carbocycles. The molecule has 3 aromatic rings. The first-order chi connectivity index (χ1) is 14.4. The fraction of sp³-hybridized carbons (Fsp3) is 0.0909. The lowest BCUT2D eigenvalue weighted by atomic mass is 10.2. The van der Waals surface area contributed by atoms with Gasteiger partial charge >= 0.3 is 5.63 Å². The van der Waals surface area contributed by atoms with Gasteiger partial charge in [0.2, 0.25) is 5.91 Å². The van der Waals surface area contributed by atoms with Gasteiger partial charge < -0.3 is 9.73 Å². The molecule has 2 aromatic carbocycles. The molecule has 1 atom stereocenters. The number of amides is 2. The molecule has 150 valence electrons. The van der Waals surface area contributed by atoms with Crippen molar-refractivity contribution < 1.29 is 14.0 Å². The standard InChI is InChI=1S/C22H16N2O4S2/c1-13(20(26)23-16-8-9-17-15(12-16)7-10-19(25)28-17)24-21(27)18(30-22(24)29)11-14-5-3-2-4-6-14/h2-13H,1H3,(H,23,26)/b18-11+. The molecule has 0 aliphatic carbocycles. The minimum absolute atomic E-state index is 0.295. The van der Waals surface area contributed by atoms with Crippen molar-refractivity contribution in [1.29, 1.82) is 0 Å². The summed E-state index contributed by atoms with van der Waals surface area (Å²) in [6.07, 6.45) is 1.76. The van der Waals surface area contributed by atoms with Crippen molar-refractivity contribution in [2.45, 2.75) is 13.0 Å². The molecular formula is C22H16N2O4S2. The normalized spacial score (nSPS) is 16.3. The first-order valence-electron chi connectivity index (χ1n) is 9.09. The van der Waals surface area contributed by atoms with Crippen molar-refractivity contribution in [1.82, 2.24) is 4.90 Å². The maximum Gasteiger partial charge on any atom is 0.336 e. The first-order valence-corrected chi connectivity index (χ1v) is 10.3. The third-order valence-electron chi connectivity index (χ3n) is 4.57. The molecule has 2 amide bonds. The van der Waals surface area contributed by atoms with Crippen molar-refractivity contribution in [3.05, 3.63) is 81.6 Å². The Hall–Kier alpha value is -3.23. The molecule has 0 spiro atoms. The van der Waals surface area contributed by atoms with E-state index in [1.54, 1.807) is 37.3 Å². The van der Waals surface area contributed by atoms with Gasteiger partial charge in [-0.2, -0.15) is 0 Å². The van der Waals surface area contributed by atoms with Crippen LogP contribution in [0, 0.1) is 0 Å². The van der Waals surface area contributed by atoms with Gasteiger partial charge in [-0.25, -0.2) is 4.79 Å². The van der Waals surface area contributed by atoms with E-state index in [1.165, 1.54) is 22.7 Å². The molecule has 8 heteroatoms. The monoisotopic (exact) mass is 436 g/mol. The number of fused-ring (bicyclic) bond motifs is 1. The molecule has 1 fully saturated rings. The maximum absolute atomic E-state index is 12.9. The van der Waals surface area contributed by atoms with E-state index < -0.39 is 11.7 Å². The topological polar surface area (TPSA) is 79.6 Å². The molecular weight excluding hydrogens is 420 g/mol. The number of thiocarbonyl (C=S) groups is 1. The van der Waals surface area contributed by atoms with Crippen molar-refractivity contribution in [2.24, 2.45) is 0 Å². The lowest BCUT2D eigenvalue weighted by Gasteiger charge is -2.22. The molecule has 0 radical (unpaired) electrons. The zero-order chi connectivity index (χ0) is 21.3. The van der Waals surface area contributed by atoms with Crippen molar-refractivity contribution in [3.63, 3.8) is 0 Å². The average Bonchev–Trinajstić information content (AvgIpc) is 3.01. The summed E-state index contributed by atoms with van der Waals surface area (Å²) >= 11 is 6.53. The highest BCUT2D eigenvalue weighted by molar-refractivity contribution is 8.26. The highest BCUT2D eigenvalue weighted by Crippen LogP contribution is 2.34. The van der Waals surface area contributed by atoms with Gasteiger partial charge in [0, 0.05) is 17.1 Å². The van der Waals surface area contributed by atoms with Gasteiger partial charge in [-0.1, -0.05) is 54.3 Å². The summed E-state index contributed by atoms with van der Waals surface area (Å²) in [4.78, 5) is 38.7. The summed E-state index contributed by atoms with van der Waals surface area (Å²) in [5.74, 6) is -0.666. The van der Waals surface area contributed by atoms with E-state index >= 15 is 0 Å². The average molecular weight is 437 g/mol. The summed E-state index contributed by atoms with van der Waals surface area (Å²) in [6, 6.07) is 16.5. The third kappa shape index (κ3) is 4.05. The molecule has 1 aliphatic heterocycles. The zero-order valence-electron chi connectivity index (χ0n) is 15.8. The Balaban J connectivity index is 1.51. The van der Waals surface area contributed by atoms with Crippen LogP contribution in [0.1, 0.15) is 12.5 Å². The number of nitrogens with one attached hydrogen (secondary N) is 1. The van der Waals surface area contributed by atoms with Crippen LogP contribution in [0.4, 0.5) is 5.69 Å². The Labute approximate surface area is 181 Å². The predicted molar refractivity (Wildman–Crippen MR) is 122 cm³/mol. The van der Waals surface area contributed by atoms with Crippen LogP contribution in [0.3, 0.4) is 0 Å². The largest absolute Gasteiger partial charge is 0.423 e. The summed E-state index contributed by atoms with van der Waals surface area (Å²) in [7, 11) is 0. The van der Waals surface area contributed by atoms with Gasteiger partial charge in [-0.3, -0.25) is 14.5 Å². The second-order valence-corrected chi connectivity index (χ2v) is 8.31. The van der Waals surface area contributed by atoms with E-state index in [9.17, 15) is 14.4 Å². The zero-order valence-corrected chi connectivity index (χ0v) is 17.5. The summed E-state index contributed by atoms with van der Waals surface area (Å²) in [5, 5.41) is 3.47. The van der Waals surface area contributed by atoms with E-state index in [-0.39, 0.29) is 11.8 Å². The number of hydrogen-bond acceptors (Lipinski definition) is 6. The summed E-state index contributed by atoms with van der Waals surface area (Å²) in [6.45, 7) is 1.63. The Bertz CT molecular complexity index is 1250. The second-order valence-electron chi connectivity index (χ2n) is 6.63. The highest BCUT2D eigenvalue weighted by atomic mass is 32.2. The Kier molecular flexibility index (Phi) is 5.52. The van der Waals surface area contributed by atoms with E-state index in [4.69, 9.17) is 16.6 Å². The Morgan fingerprint density at radius 3 is 2.67 bits per heavy atom. The van der Waals surface area contributed by atoms with Gasteiger partial charge in [-0.15, -0.1) is 0 Å². The molecule has 6 nitrogen and oxygen atoms in total. The number of carbonyl (C=O) groups is 2. The molecule has 0 bridgehead atoms. The maximum atomic E-state index is 12.9. The van der Waals surface area contributed by atoms with Crippen LogP contribution in [0.5, 0.6) is 0 Å². The minimum Gasteiger partial charge on any atom is -0.423 e. The van der Waals surface area contributed by atoms with E-state index in [1.807, 2.05) is 30.3 Å². The van der Waals surface area contributed by atoms with Crippen LogP contribution >= 0.6 is 24.0 Å². The molecule has 2 heterocycles. The van der Waals surface area contributed by atoms with Gasteiger partial charge in [-0.05, 0) is 42.8 Å². The van der Waals surface area contributed by atoms with E-state index in [0.717, 1.165) is 5.56 Å². The molecule has 30 heavy (non-hydrogen) atoms. The van der Waals surface area contributed by atoms with Crippen molar-refractivity contribution >= 4 is 62.8 Å². The first kappa shape index (κ1) is 20.1. The van der Waals surface area contributed by atoms with Crippen molar-refractivity contribution in [2.75, 3.05) is 5.32 Å². The molecule has 4 rings (SSSR count). The SMILES string of the molecule is CC(C(=O)Nc1ccc2oc(=O)ccc2c1)N1C(=O)/C(=C\c2ccccc2)SC1=S. The van der Waals surface area contributed by atoms with E-state index in [0.29, 0.717) is 25.9 Å². The molecule has 1 N–H and O–H groups in total. The molecule has 1 aromatic heterocycles. The van der Waals surface area contributed by atoms with Gasteiger partial charge in [0.25, 0.3) is 5.91 Å². The smallest absolute Gasteiger partial charge is 0.336 e. The Morgan fingerprint density at radius 2 is 1.90 bits per heavy atom. The number of anilines is 1. The Morgan fingerprint density at radius 1 is 1.13 bits per heavy atom. The highest BCUT2D eigenvalue weighted by Gasteiger charge is 2.38. The van der Waals surface area contributed by atoms with Crippen LogP contribution in [0.2, 0.25) is 0 Å². The molecule has 1 saturated heterocycles. The number of rotatable bonds is 4. The van der Waals surface area contributed by atoms with Crippen LogP contribution in [-0.4, -0.2) is 27.1 Å². The number of thioether (sulfide) groups is 1. The van der Waals surface area contributed by atoms with E-state index in [2.05, 4.69) is 5.32 Å². The van der Waals surface area contributed by atoms with Crippen LogP contribution < -0.4 is 10.9 Å². The van der Waals surface area contributed by atoms with Crippen LogP contribution in [-0.2, 0) is 9.59 Å². The van der Waals surface area contributed by atoms with Gasteiger partial charge in [0.05, 0.1) is 4.91 Å². The van der Waals surface area contributed by atoms with Crippen LogP contribution in [0.15, 0.2) is 74.8 Å². The number of nitrogens with zero attached hydrogens (tertiary/aromatic N) is 1. The second kappa shape index (κ2) is 8.25. The quantitative estimate of drug-likeness (QED) is 0.378. The fourth-order valence-corrected chi connectivity index (χ4v) is 4.45. The molecule has 1 aliphatic rings. The van der Waals surface area contributed by atoms with Crippen molar-refractivity contribution in [3.8, 4) is 0 Å². The van der Waals surface area contributed by atoms with Gasteiger partial charge in [0.15, 0.2) is 0 Å². The number of carbonyl (C=O) groups excluding carboxylic acids is 2. The lowest BCUT2D eigenvalue weighted by molar-refractivity contribution is -0.129. The minimum atomic E-state index is -0.788. The fourth-order valence-electron chi connectivity index (χ4n) is 3.03. The predicted octanol–water partition coefficient (Wildman–Crippen LogP) is 4.02. The third-order valence-corrected chi connectivity index (χ3v) is 5.90. The van der Waals surface area contributed by atoms with Crippen LogP contribution in [0.25, 0.3) is 17.0 Å². The lowest BCUT2D eigenvalue weighted by Crippen LogP contribution is -2.44. The van der Waals surface area contributed by atoms with Gasteiger partial charge in [0.1, 0.15) is 15.9 Å². The summed E-state index contributed by atoms with van der Waals surface area (Å²) < 4.78 is 5.43. The number of hydrogen-bond donors (Lipinski definition) is 1. The molecule has 1 unspecified atom stereocenters. The number of benzene rings is 2.